The van der Waals surface area contributed by atoms with Crippen LogP contribution >= 0.6 is 11.3 Å². The van der Waals surface area contributed by atoms with E-state index in [9.17, 15) is 9.90 Å². The first-order valence-electron chi connectivity index (χ1n) is 9.19. The highest BCUT2D eigenvalue weighted by molar-refractivity contribution is 7.07. The lowest BCUT2D eigenvalue weighted by atomic mass is 10.1. The number of ether oxygens (including phenoxy) is 1. The normalized spacial score (nSPS) is 14.3. The first kappa shape index (κ1) is 18.9. The minimum Gasteiger partial charge on any atom is -0.507 e. The van der Waals surface area contributed by atoms with Crippen molar-refractivity contribution in [2.75, 3.05) is 18.5 Å². The molecular formula is C21H20N4O3S. The molecule has 0 saturated carbocycles. The van der Waals surface area contributed by atoms with Crippen molar-refractivity contribution in [3.05, 3.63) is 58.2 Å². The molecule has 1 aliphatic heterocycles. The van der Waals surface area contributed by atoms with Gasteiger partial charge < -0.3 is 15.2 Å². The van der Waals surface area contributed by atoms with Crippen LogP contribution in [0.1, 0.15) is 19.4 Å². The van der Waals surface area contributed by atoms with Crippen LogP contribution in [-0.4, -0.2) is 34.6 Å². The Hall–Kier alpha value is -3.39. The van der Waals surface area contributed by atoms with Gasteiger partial charge in [-0.15, -0.1) is 11.3 Å². The number of hydrogen-bond acceptors (Lipinski definition) is 6. The fraction of sp³-hybridized carbons (Fsp3) is 0.190. The summed E-state index contributed by atoms with van der Waals surface area (Å²) in [7, 11) is 0. The SMILES string of the molecule is CCN=c1scc(-c2ccc3c(c2)NC(=O)CO3)n1N=C(C)c1ccccc1O. The number of nitrogens with zero attached hydrogens (tertiary/aromatic N) is 3. The van der Waals surface area contributed by atoms with Gasteiger partial charge in [0.2, 0.25) is 4.80 Å². The second-order valence-electron chi connectivity index (χ2n) is 6.44. The lowest BCUT2D eigenvalue weighted by molar-refractivity contribution is -0.118. The Balaban J connectivity index is 1.84. The molecule has 2 aromatic carbocycles. The smallest absolute Gasteiger partial charge is 0.262 e. The maximum Gasteiger partial charge on any atom is 0.262 e. The van der Waals surface area contributed by atoms with Gasteiger partial charge in [0.1, 0.15) is 11.5 Å². The number of anilines is 1. The fourth-order valence-corrected chi connectivity index (χ4v) is 3.96. The van der Waals surface area contributed by atoms with Gasteiger partial charge in [0.15, 0.2) is 6.61 Å². The van der Waals surface area contributed by atoms with Gasteiger partial charge in [-0.25, -0.2) is 4.68 Å². The molecule has 148 valence electrons. The first-order chi connectivity index (χ1) is 14.1. The monoisotopic (exact) mass is 408 g/mol. The third-order valence-corrected chi connectivity index (χ3v) is 5.28. The lowest BCUT2D eigenvalue weighted by Gasteiger charge is -2.18. The van der Waals surface area contributed by atoms with Gasteiger partial charge in [-0.1, -0.05) is 12.1 Å². The summed E-state index contributed by atoms with van der Waals surface area (Å²) < 4.78 is 7.21. The number of rotatable bonds is 4. The quantitative estimate of drug-likeness (QED) is 0.648. The Morgan fingerprint density at radius 3 is 2.93 bits per heavy atom. The number of fused-ring (bicyclic) bond motifs is 1. The minimum absolute atomic E-state index is 0.0222. The summed E-state index contributed by atoms with van der Waals surface area (Å²) in [5, 5.41) is 19.7. The second-order valence-corrected chi connectivity index (χ2v) is 7.28. The van der Waals surface area contributed by atoms with Crippen molar-refractivity contribution in [3.8, 4) is 22.8 Å². The number of phenolic OH excluding ortho intramolecular Hbond substituents is 1. The molecular weight excluding hydrogens is 388 g/mol. The molecule has 4 rings (SSSR count). The van der Waals surface area contributed by atoms with Crippen LogP contribution in [0.3, 0.4) is 0 Å². The van der Waals surface area contributed by atoms with E-state index in [1.807, 2.05) is 49.6 Å². The summed E-state index contributed by atoms with van der Waals surface area (Å²) in [5.41, 5.74) is 3.66. The van der Waals surface area contributed by atoms with Crippen molar-refractivity contribution < 1.29 is 14.6 Å². The van der Waals surface area contributed by atoms with E-state index in [1.54, 1.807) is 16.8 Å². The highest BCUT2D eigenvalue weighted by Crippen LogP contribution is 2.33. The van der Waals surface area contributed by atoms with Crippen molar-refractivity contribution in [2.45, 2.75) is 13.8 Å². The van der Waals surface area contributed by atoms with Crippen molar-refractivity contribution in [1.29, 1.82) is 0 Å². The number of carbonyl (C=O) groups is 1. The molecule has 29 heavy (non-hydrogen) atoms. The number of hydrogen-bond donors (Lipinski definition) is 2. The van der Waals surface area contributed by atoms with Crippen molar-refractivity contribution in [3.63, 3.8) is 0 Å². The highest BCUT2D eigenvalue weighted by Gasteiger charge is 2.18. The molecule has 0 saturated heterocycles. The van der Waals surface area contributed by atoms with Crippen LogP contribution < -0.4 is 14.9 Å². The van der Waals surface area contributed by atoms with Crippen LogP contribution in [0.25, 0.3) is 11.3 Å². The number of amides is 1. The second kappa shape index (κ2) is 7.92. The third-order valence-electron chi connectivity index (χ3n) is 4.43. The van der Waals surface area contributed by atoms with Crippen molar-refractivity contribution in [2.24, 2.45) is 10.1 Å². The maximum atomic E-state index is 11.7. The number of aromatic nitrogens is 1. The average molecular weight is 408 g/mol. The van der Waals surface area contributed by atoms with Gasteiger partial charge in [0.05, 0.1) is 17.1 Å². The predicted molar refractivity (Wildman–Crippen MR) is 114 cm³/mol. The molecule has 0 spiro atoms. The van der Waals surface area contributed by atoms with Gasteiger partial charge in [0, 0.05) is 23.1 Å². The molecule has 8 heteroatoms. The molecule has 1 aliphatic rings. The minimum atomic E-state index is -0.178. The van der Waals surface area contributed by atoms with E-state index in [0.29, 0.717) is 29.3 Å². The molecule has 3 aromatic rings. The molecule has 0 atom stereocenters. The van der Waals surface area contributed by atoms with Crippen LogP contribution in [-0.2, 0) is 4.79 Å². The molecule has 2 heterocycles. The largest absolute Gasteiger partial charge is 0.507 e. The van der Waals surface area contributed by atoms with Gasteiger partial charge in [-0.2, -0.15) is 5.10 Å². The number of phenols is 1. The van der Waals surface area contributed by atoms with E-state index in [4.69, 9.17) is 9.84 Å². The van der Waals surface area contributed by atoms with Crippen LogP contribution in [0.15, 0.2) is 57.9 Å². The molecule has 7 nitrogen and oxygen atoms in total. The van der Waals surface area contributed by atoms with Crippen LogP contribution in [0.5, 0.6) is 11.5 Å². The summed E-state index contributed by atoms with van der Waals surface area (Å²) >= 11 is 1.48. The Labute approximate surface area is 171 Å². The molecule has 1 amide bonds. The summed E-state index contributed by atoms with van der Waals surface area (Å²) in [5.74, 6) is 0.638. The average Bonchev–Trinajstić information content (AvgIpc) is 3.10. The molecule has 0 unspecified atom stereocenters. The third kappa shape index (κ3) is 3.79. The van der Waals surface area contributed by atoms with Crippen LogP contribution in [0.4, 0.5) is 5.69 Å². The Bertz CT molecular complexity index is 1180. The van der Waals surface area contributed by atoms with E-state index >= 15 is 0 Å². The molecule has 0 bridgehead atoms. The summed E-state index contributed by atoms with van der Waals surface area (Å²) in [6, 6.07) is 12.7. The first-order valence-corrected chi connectivity index (χ1v) is 10.1. The van der Waals surface area contributed by atoms with E-state index in [-0.39, 0.29) is 18.3 Å². The van der Waals surface area contributed by atoms with Gasteiger partial charge >= 0.3 is 0 Å². The predicted octanol–water partition coefficient (Wildman–Crippen LogP) is 3.45. The topological polar surface area (TPSA) is 88.2 Å². The zero-order valence-corrected chi connectivity index (χ0v) is 16.9. The Morgan fingerprint density at radius 2 is 2.14 bits per heavy atom. The zero-order valence-electron chi connectivity index (χ0n) is 16.0. The van der Waals surface area contributed by atoms with Gasteiger partial charge in [-0.3, -0.25) is 9.79 Å². The number of aromatic hydroxyl groups is 1. The van der Waals surface area contributed by atoms with Crippen LogP contribution in [0.2, 0.25) is 0 Å². The molecule has 0 fully saturated rings. The maximum absolute atomic E-state index is 11.7. The van der Waals surface area contributed by atoms with Crippen molar-refractivity contribution >= 4 is 28.6 Å². The lowest BCUT2D eigenvalue weighted by Crippen LogP contribution is -2.25. The molecule has 2 N–H and O–H groups in total. The number of para-hydroxylation sites is 1. The Morgan fingerprint density at radius 1 is 1.31 bits per heavy atom. The van der Waals surface area contributed by atoms with E-state index in [2.05, 4.69) is 10.3 Å². The Kier molecular flexibility index (Phi) is 5.18. The molecule has 1 aromatic heterocycles. The van der Waals surface area contributed by atoms with E-state index < -0.39 is 0 Å². The van der Waals surface area contributed by atoms with Crippen molar-refractivity contribution in [1.82, 2.24) is 4.68 Å². The fourth-order valence-electron chi connectivity index (χ4n) is 3.06. The molecule has 0 radical (unpaired) electrons. The zero-order chi connectivity index (χ0) is 20.4. The number of carbonyl (C=O) groups excluding carboxylic acids is 1. The van der Waals surface area contributed by atoms with Gasteiger partial charge in [0.25, 0.3) is 5.91 Å². The summed E-state index contributed by atoms with van der Waals surface area (Å²) in [6.45, 7) is 4.46. The number of nitrogens with one attached hydrogen (secondary N) is 1. The standard InChI is InChI=1S/C21H20N4O3S/c1-3-22-21-25(24-13(2)15-6-4-5-7-18(15)26)17(12-29-21)14-8-9-19-16(10-14)23-20(27)11-28-19/h4-10,12,26H,3,11H2,1-2H3,(H,23,27). The number of thiazole rings is 1. The van der Waals surface area contributed by atoms with E-state index in [0.717, 1.165) is 16.1 Å². The number of benzene rings is 2. The highest BCUT2D eigenvalue weighted by atomic mass is 32.1. The summed E-state index contributed by atoms with van der Waals surface area (Å²) in [4.78, 5) is 16.9. The van der Waals surface area contributed by atoms with Crippen LogP contribution in [0, 0.1) is 0 Å². The van der Waals surface area contributed by atoms with E-state index in [1.165, 1.54) is 11.3 Å². The molecule has 0 aliphatic carbocycles. The summed E-state index contributed by atoms with van der Waals surface area (Å²) in [6.07, 6.45) is 0. The van der Waals surface area contributed by atoms with Gasteiger partial charge in [-0.05, 0) is 44.2 Å².